The van der Waals surface area contributed by atoms with E-state index >= 15 is 0 Å². The molecule has 8 heteroatoms. The molecule has 0 aliphatic rings. The average molecular weight is 383 g/mol. The summed E-state index contributed by atoms with van der Waals surface area (Å²) >= 11 is 5.85. The molecule has 0 aliphatic carbocycles. The molecule has 0 unspecified atom stereocenters. The minimum Gasteiger partial charge on any atom is -0.348 e. The smallest absolute Gasteiger partial charge is 0.348 e. The van der Waals surface area contributed by atoms with E-state index in [1.807, 2.05) is 0 Å². The van der Waals surface area contributed by atoms with Crippen LogP contribution in [0.1, 0.15) is 11.1 Å². The van der Waals surface area contributed by atoms with Crippen LogP contribution in [0.25, 0.3) is 6.08 Å². The summed E-state index contributed by atoms with van der Waals surface area (Å²) in [5.74, 6) is -2.37. The molecule has 2 amide bonds. The predicted octanol–water partition coefficient (Wildman–Crippen LogP) is 4.17. The maximum Gasteiger partial charge on any atom is 0.471 e. The zero-order valence-corrected chi connectivity index (χ0v) is 14.1. The van der Waals surface area contributed by atoms with Crippen LogP contribution in [0.15, 0.2) is 54.6 Å². The Hall–Kier alpha value is -2.80. The zero-order chi connectivity index (χ0) is 19.2. The van der Waals surface area contributed by atoms with Crippen molar-refractivity contribution in [1.29, 1.82) is 0 Å². The lowest BCUT2D eigenvalue weighted by molar-refractivity contribution is -0.167. The van der Waals surface area contributed by atoms with Gasteiger partial charge in [-0.15, -0.1) is 0 Å². The van der Waals surface area contributed by atoms with Crippen molar-refractivity contribution in [2.45, 2.75) is 12.7 Å². The number of amides is 2. The molecule has 0 aromatic heterocycles. The summed E-state index contributed by atoms with van der Waals surface area (Å²) in [7, 11) is 0. The number of benzene rings is 2. The summed E-state index contributed by atoms with van der Waals surface area (Å²) in [6, 6.07) is 12.7. The minimum absolute atomic E-state index is 0.0169. The molecule has 136 valence electrons. The Balaban J connectivity index is 1.85. The first-order valence-electron chi connectivity index (χ1n) is 7.42. The summed E-state index contributed by atoms with van der Waals surface area (Å²) in [6.07, 6.45) is -1.98. The van der Waals surface area contributed by atoms with Gasteiger partial charge >= 0.3 is 12.1 Å². The van der Waals surface area contributed by atoms with Crippen LogP contribution in [0.5, 0.6) is 0 Å². The number of anilines is 1. The van der Waals surface area contributed by atoms with Gasteiger partial charge in [-0.3, -0.25) is 9.59 Å². The Labute approximate surface area is 152 Å². The van der Waals surface area contributed by atoms with Gasteiger partial charge in [-0.05, 0) is 41.5 Å². The molecule has 0 fully saturated rings. The van der Waals surface area contributed by atoms with Gasteiger partial charge < -0.3 is 10.6 Å². The average Bonchev–Trinajstić information content (AvgIpc) is 2.58. The van der Waals surface area contributed by atoms with Crippen molar-refractivity contribution in [2.24, 2.45) is 0 Å². The molecular formula is C18H14ClF3N2O2. The minimum atomic E-state index is -4.94. The second-order valence-electron chi connectivity index (χ2n) is 5.25. The highest BCUT2D eigenvalue weighted by molar-refractivity contribution is 6.30. The van der Waals surface area contributed by atoms with Gasteiger partial charge in [0, 0.05) is 23.3 Å². The summed E-state index contributed by atoms with van der Waals surface area (Å²) in [4.78, 5) is 22.6. The Morgan fingerprint density at radius 3 is 2.38 bits per heavy atom. The first kappa shape index (κ1) is 19.5. The van der Waals surface area contributed by atoms with Crippen LogP contribution < -0.4 is 10.6 Å². The topological polar surface area (TPSA) is 58.2 Å². The molecule has 0 aliphatic heterocycles. The molecule has 0 bridgehead atoms. The van der Waals surface area contributed by atoms with Gasteiger partial charge in [0.15, 0.2) is 0 Å². The molecule has 0 radical (unpaired) electrons. The fourth-order valence-corrected chi connectivity index (χ4v) is 2.14. The molecule has 0 heterocycles. The predicted molar refractivity (Wildman–Crippen MR) is 93.5 cm³/mol. The Bertz CT molecular complexity index is 818. The van der Waals surface area contributed by atoms with E-state index in [-0.39, 0.29) is 18.1 Å². The van der Waals surface area contributed by atoms with Crippen LogP contribution in [0.2, 0.25) is 5.02 Å². The Morgan fingerprint density at radius 2 is 1.77 bits per heavy atom. The maximum absolute atomic E-state index is 12.2. The van der Waals surface area contributed by atoms with Crippen molar-refractivity contribution in [1.82, 2.24) is 5.32 Å². The molecule has 2 aromatic rings. The third kappa shape index (κ3) is 6.25. The fraction of sp³-hybridized carbons (Fsp3) is 0.111. The van der Waals surface area contributed by atoms with Gasteiger partial charge in [0.05, 0.1) is 0 Å². The molecule has 0 saturated carbocycles. The number of hydrogen-bond acceptors (Lipinski definition) is 2. The molecule has 2 N–H and O–H groups in total. The van der Waals surface area contributed by atoms with Crippen molar-refractivity contribution in [3.8, 4) is 0 Å². The largest absolute Gasteiger partial charge is 0.471 e. The number of halogens is 4. The Morgan fingerprint density at radius 1 is 1.08 bits per heavy atom. The summed E-state index contributed by atoms with van der Waals surface area (Å²) < 4.78 is 36.5. The number of carbonyl (C=O) groups is 2. The van der Waals surface area contributed by atoms with Crippen LogP contribution in [0.4, 0.5) is 18.9 Å². The van der Waals surface area contributed by atoms with Crippen molar-refractivity contribution >= 4 is 35.2 Å². The van der Waals surface area contributed by atoms with E-state index in [0.29, 0.717) is 10.6 Å². The van der Waals surface area contributed by atoms with Gasteiger partial charge in [0.2, 0.25) is 5.91 Å². The number of rotatable bonds is 5. The normalized spacial score (nSPS) is 11.4. The third-order valence-corrected chi connectivity index (χ3v) is 3.45. The number of carbonyl (C=O) groups excluding carboxylic acids is 2. The number of hydrogen-bond donors (Lipinski definition) is 2. The maximum atomic E-state index is 12.2. The van der Waals surface area contributed by atoms with E-state index in [2.05, 4.69) is 5.32 Å². The van der Waals surface area contributed by atoms with Crippen LogP contribution in [0, 0.1) is 0 Å². The van der Waals surface area contributed by atoms with Crippen LogP contribution in [-0.4, -0.2) is 18.0 Å². The molecule has 0 saturated heterocycles. The summed E-state index contributed by atoms with van der Waals surface area (Å²) in [5, 5.41) is 4.95. The van der Waals surface area contributed by atoms with Crippen molar-refractivity contribution in [3.63, 3.8) is 0 Å². The monoisotopic (exact) mass is 382 g/mol. The first-order chi connectivity index (χ1) is 12.2. The quantitative estimate of drug-likeness (QED) is 0.762. The van der Waals surface area contributed by atoms with Crippen LogP contribution >= 0.6 is 11.6 Å². The number of nitrogens with one attached hydrogen (secondary N) is 2. The van der Waals surface area contributed by atoms with E-state index < -0.39 is 12.1 Å². The molecule has 26 heavy (non-hydrogen) atoms. The highest BCUT2D eigenvalue weighted by atomic mass is 35.5. The van der Waals surface area contributed by atoms with Crippen LogP contribution in [0.3, 0.4) is 0 Å². The number of alkyl halides is 3. The van der Waals surface area contributed by atoms with E-state index in [0.717, 1.165) is 5.56 Å². The molecule has 4 nitrogen and oxygen atoms in total. The van der Waals surface area contributed by atoms with Crippen molar-refractivity contribution in [3.05, 3.63) is 70.8 Å². The van der Waals surface area contributed by atoms with E-state index in [9.17, 15) is 22.8 Å². The standard InChI is InChI=1S/C18H14ClF3N2O2/c19-14-3-1-2-12(10-14)6-9-16(25)23-11-13-4-7-15(8-5-13)24-17(26)18(20,21)22/h1-10H,11H2,(H,23,25)(H,24,26)/b9-6+. The van der Waals surface area contributed by atoms with Gasteiger partial charge in [0.1, 0.15) is 0 Å². The van der Waals surface area contributed by atoms with E-state index in [1.54, 1.807) is 35.7 Å². The Kier molecular flexibility index (Phi) is 6.41. The highest BCUT2D eigenvalue weighted by Crippen LogP contribution is 2.18. The van der Waals surface area contributed by atoms with Crippen LogP contribution in [-0.2, 0) is 16.1 Å². The van der Waals surface area contributed by atoms with Crippen molar-refractivity contribution in [2.75, 3.05) is 5.32 Å². The van der Waals surface area contributed by atoms with Gasteiger partial charge in [0.25, 0.3) is 0 Å². The lowest BCUT2D eigenvalue weighted by Gasteiger charge is -2.08. The molecule has 2 rings (SSSR count). The lowest BCUT2D eigenvalue weighted by Crippen LogP contribution is -2.29. The fourth-order valence-electron chi connectivity index (χ4n) is 1.94. The molecule has 0 atom stereocenters. The highest BCUT2D eigenvalue weighted by Gasteiger charge is 2.38. The van der Waals surface area contributed by atoms with Crippen molar-refractivity contribution < 1.29 is 22.8 Å². The summed E-state index contributed by atoms with van der Waals surface area (Å²) in [5.41, 5.74) is 1.46. The molecular weight excluding hydrogens is 369 g/mol. The van der Waals surface area contributed by atoms with E-state index in [1.165, 1.54) is 30.3 Å². The molecule has 0 spiro atoms. The SMILES string of the molecule is O=C(/C=C/c1cccc(Cl)c1)NCc1ccc(NC(=O)C(F)(F)F)cc1. The van der Waals surface area contributed by atoms with Gasteiger partial charge in [-0.25, -0.2) is 0 Å². The van der Waals surface area contributed by atoms with Gasteiger partial charge in [-0.2, -0.15) is 13.2 Å². The molecule has 2 aromatic carbocycles. The second kappa shape index (κ2) is 8.53. The second-order valence-corrected chi connectivity index (χ2v) is 5.69. The summed E-state index contributed by atoms with van der Waals surface area (Å²) in [6.45, 7) is 0.187. The first-order valence-corrected chi connectivity index (χ1v) is 7.80. The third-order valence-electron chi connectivity index (χ3n) is 3.21. The van der Waals surface area contributed by atoms with E-state index in [4.69, 9.17) is 11.6 Å². The van der Waals surface area contributed by atoms with Gasteiger partial charge in [-0.1, -0.05) is 35.9 Å². The zero-order valence-electron chi connectivity index (χ0n) is 13.3. The lowest BCUT2D eigenvalue weighted by atomic mass is 10.2.